The van der Waals surface area contributed by atoms with Crippen LogP contribution < -0.4 is 0 Å². The monoisotopic (exact) mass is 378 g/mol. The first-order chi connectivity index (χ1) is 12.6. The third-order valence-corrected chi connectivity index (χ3v) is 4.55. The molecule has 1 saturated heterocycles. The van der Waals surface area contributed by atoms with Gasteiger partial charge in [0.15, 0.2) is 0 Å². The molecule has 152 valence electrons. The average Bonchev–Trinajstić information content (AvgIpc) is 2.63. The molecule has 1 aromatic rings. The topological polar surface area (TPSA) is 73.2 Å². The first-order valence-electron chi connectivity index (χ1n) is 9.68. The largest absolute Gasteiger partial charge is 0.390 e. The third-order valence-electron chi connectivity index (χ3n) is 4.55. The van der Waals surface area contributed by atoms with Crippen molar-refractivity contribution in [2.45, 2.75) is 71.7 Å². The standard InChI is InChI=1S/C21H34N2O4/c1-15(2)11-17-18(24)13-22(12-16-9-7-6-8-10-16)14-19(25)23(17)20(26)27-21(3,4)5/h6-10,15,17-18,20,24,26H,11-14H2,1-5H3/t17-,18-,20?/m0/s1. The van der Waals surface area contributed by atoms with Crippen LogP contribution in [0.2, 0.25) is 0 Å². The lowest BCUT2D eigenvalue weighted by atomic mass is 9.98. The highest BCUT2D eigenvalue weighted by Gasteiger charge is 2.40. The molecule has 3 atom stereocenters. The number of aliphatic hydroxyl groups is 2. The molecule has 0 radical (unpaired) electrons. The number of nitrogens with zero attached hydrogens (tertiary/aromatic N) is 2. The summed E-state index contributed by atoms with van der Waals surface area (Å²) in [5.41, 5.74) is 0.473. The third kappa shape index (κ3) is 6.57. The predicted octanol–water partition coefficient (Wildman–Crippen LogP) is 2.20. The molecule has 1 fully saturated rings. The van der Waals surface area contributed by atoms with E-state index < -0.39 is 24.2 Å². The van der Waals surface area contributed by atoms with Gasteiger partial charge in [0.25, 0.3) is 0 Å². The quantitative estimate of drug-likeness (QED) is 0.743. The highest BCUT2D eigenvalue weighted by atomic mass is 16.6. The van der Waals surface area contributed by atoms with E-state index in [0.717, 1.165) is 5.56 Å². The van der Waals surface area contributed by atoms with Crippen molar-refractivity contribution in [2.75, 3.05) is 13.1 Å². The van der Waals surface area contributed by atoms with Crippen LogP contribution in [0.15, 0.2) is 30.3 Å². The van der Waals surface area contributed by atoms with Gasteiger partial charge in [0.05, 0.1) is 24.3 Å². The first kappa shape index (κ1) is 21.8. The van der Waals surface area contributed by atoms with Gasteiger partial charge in [-0.15, -0.1) is 0 Å². The Labute approximate surface area is 162 Å². The average molecular weight is 379 g/mol. The minimum Gasteiger partial charge on any atom is -0.390 e. The summed E-state index contributed by atoms with van der Waals surface area (Å²) in [4.78, 5) is 16.3. The van der Waals surface area contributed by atoms with Crippen molar-refractivity contribution in [2.24, 2.45) is 5.92 Å². The van der Waals surface area contributed by atoms with Crippen LogP contribution >= 0.6 is 0 Å². The molecular weight excluding hydrogens is 344 g/mol. The van der Waals surface area contributed by atoms with Crippen molar-refractivity contribution < 1.29 is 19.7 Å². The number of aliphatic hydroxyl groups excluding tert-OH is 2. The zero-order valence-electron chi connectivity index (χ0n) is 17.1. The van der Waals surface area contributed by atoms with Crippen LogP contribution in [-0.2, 0) is 16.1 Å². The van der Waals surface area contributed by atoms with Gasteiger partial charge < -0.3 is 14.9 Å². The van der Waals surface area contributed by atoms with Gasteiger partial charge in [-0.25, -0.2) is 0 Å². The second-order valence-electron chi connectivity index (χ2n) is 8.78. The SMILES string of the molecule is CC(C)C[C@H]1[C@@H](O)CN(Cc2ccccc2)CC(=O)N1C(O)OC(C)(C)C. The van der Waals surface area contributed by atoms with E-state index in [1.54, 1.807) is 0 Å². The number of amides is 1. The van der Waals surface area contributed by atoms with Gasteiger partial charge in [-0.3, -0.25) is 14.6 Å². The lowest BCUT2D eigenvalue weighted by molar-refractivity contribution is -0.248. The van der Waals surface area contributed by atoms with Crippen LogP contribution in [-0.4, -0.2) is 63.2 Å². The van der Waals surface area contributed by atoms with Crippen LogP contribution in [0.3, 0.4) is 0 Å². The predicted molar refractivity (Wildman–Crippen MR) is 105 cm³/mol. The maximum atomic E-state index is 13.0. The molecule has 0 bridgehead atoms. The van der Waals surface area contributed by atoms with Gasteiger partial charge in [-0.2, -0.15) is 0 Å². The van der Waals surface area contributed by atoms with Gasteiger partial charge in [0.1, 0.15) is 0 Å². The minimum absolute atomic E-state index is 0.130. The van der Waals surface area contributed by atoms with E-state index >= 15 is 0 Å². The molecule has 0 aromatic heterocycles. The van der Waals surface area contributed by atoms with E-state index in [0.29, 0.717) is 19.5 Å². The summed E-state index contributed by atoms with van der Waals surface area (Å²) in [5, 5.41) is 21.5. The molecule has 1 unspecified atom stereocenters. The van der Waals surface area contributed by atoms with E-state index in [1.807, 2.05) is 69.9 Å². The van der Waals surface area contributed by atoms with Crippen molar-refractivity contribution in [3.05, 3.63) is 35.9 Å². The molecule has 1 aliphatic heterocycles. The van der Waals surface area contributed by atoms with Crippen LogP contribution in [0.5, 0.6) is 0 Å². The van der Waals surface area contributed by atoms with Gasteiger partial charge >= 0.3 is 0 Å². The Kier molecular flexibility index (Phi) is 7.40. The van der Waals surface area contributed by atoms with E-state index in [4.69, 9.17) is 4.74 Å². The summed E-state index contributed by atoms with van der Waals surface area (Å²) in [5.74, 6) is 0.0346. The van der Waals surface area contributed by atoms with Gasteiger partial charge in [0, 0.05) is 13.1 Å². The van der Waals surface area contributed by atoms with E-state index in [-0.39, 0.29) is 18.4 Å². The van der Waals surface area contributed by atoms with E-state index in [2.05, 4.69) is 0 Å². The summed E-state index contributed by atoms with van der Waals surface area (Å²) >= 11 is 0. The van der Waals surface area contributed by atoms with Crippen LogP contribution in [0.25, 0.3) is 0 Å². The molecule has 1 aromatic carbocycles. The summed E-state index contributed by atoms with van der Waals surface area (Å²) in [6, 6.07) is 9.38. The van der Waals surface area contributed by atoms with E-state index in [9.17, 15) is 15.0 Å². The summed E-state index contributed by atoms with van der Waals surface area (Å²) < 4.78 is 5.65. The molecule has 6 heteroatoms. The van der Waals surface area contributed by atoms with Gasteiger partial charge in [-0.05, 0) is 38.7 Å². The zero-order chi connectivity index (χ0) is 20.2. The molecule has 2 rings (SSSR count). The fourth-order valence-electron chi connectivity index (χ4n) is 3.47. The lowest BCUT2D eigenvalue weighted by Crippen LogP contribution is -2.54. The first-order valence-corrected chi connectivity index (χ1v) is 9.68. The number of β-amino-alcohol motifs (C(OH)–C–C–N with tert-alkyl or cyclic N) is 1. The lowest BCUT2D eigenvalue weighted by Gasteiger charge is -2.38. The molecular formula is C21H34N2O4. The Balaban J connectivity index is 2.23. The number of rotatable bonds is 6. The minimum atomic E-state index is -1.38. The molecule has 6 nitrogen and oxygen atoms in total. The summed E-state index contributed by atoms with van der Waals surface area (Å²) in [6.45, 7) is 10.6. The maximum Gasteiger partial charge on any atom is 0.240 e. The number of carbonyl (C=O) groups excluding carboxylic acids is 1. The Morgan fingerprint density at radius 1 is 1.22 bits per heavy atom. The summed E-state index contributed by atoms with van der Waals surface area (Å²) in [7, 11) is 0. The number of carbonyl (C=O) groups is 1. The number of hydrogen-bond donors (Lipinski definition) is 2. The second kappa shape index (κ2) is 9.15. The Hall–Kier alpha value is -1.47. The number of ether oxygens (including phenoxy) is 1. The molecule has 2 N–H and O–H groups in total. The van der Waals surface area contributed by atoms with Crippen molar-refractivity contribution in [3.63, 3.8) is 0 Å². The Bertz CT molecular complexity index is 600. The van der Waals surface area contributed by atoms with Crippen molar-refractivity contribution in [1.29, 1.82) is 0 Å². The molecule has 1 amide bonds. The highest BCUT2D eigenvalue weighted by Crippen LogP contribution is 2.24. The summed E-state index contributed by atoms with van der Waals surface area (Å²) in [6.07, 6.45) is -1.55. The fraction of sp³-hybridized carbons (Fsp3) is 0.667. The maximum absolute atomic E-state index is 13.0. The second-order valence-corrected chi connectivity index (χ2v) is 8.78. The number of hydrogen-bond acceptors (Lipinski definition) is 5. The van der Waals surface area contributed by atoms with Gasteiger partial charge in [-0.1, -0.05) is 44.2 Å². The molecule has 0 aliphatic carbocycles. The van der Waals surface area contributed by atoms with Gasteiger partial charge in [0.2, 0.25) is 12.3 Å². The molecule has 1 heterocycles. The molecule has 27 heavy (non-hydrogen) atoms. The smallest absolute Gasteiger partial charge is 0.240 e. The Morgan fingerprint density at radius 2 is 1.85 bits per heavy atom. The highest BCUT2D eigenvalue weighted by molar-refractivity contribution is 5.79. The van der Waals surface area contributed by atoms with Crippen LogP contribution in [0.4, 0.5) is 0 Å². The molecule has 0 saturated carbocycles. The van der Waals surface area contributed by atoms with Crippen LogP contribution in [0, 0.1) is 5.92 Å². The molecule has 1 aliphatic rings. The van der Waals surface area contributed by atoms with Crippen molar-refractivity contribution in [3.8, 4) is 0 Å². The zero-order valence-corrected chi connectivity index (χ0v) is 17.1. The molecule has 0 spiro atoms. The van der Waals surface area contributed by atoms with E-state index in [1.165, 1.54) is 4.90 Å². The van der Waals surface area contributed by atoms with Crippen LogP contribution in [0.1, 0.15) is 46.6 Å². The Morgan fingerprint density at radius 3 is 2.41 bits per heavy atom. The number of benzene rings is 1. The van der Waals surface area contributed by atoms with Crippen molar-refractivity contribution >= 4 is 5.91 Å². The normalized spacial score (nSPS) is 23.6. The van der Waals surface area contributed by atoms with Crippen molar-refractivity contribution in [1.82, 2.24) is 9.80 Å². The fourth-order valence-corrected chi connectivity index (χ4v) is 3.47.